The quantitative estimate of drug-likeness (QED) is 0.473. The van der Waals surface area contributed by atoms with Gasteiger partial charge in [-0.3, -0.25) is 0 Å². The molecule has 0 atom stereocenters. The van der Waals surface area contributed by atoms with Crippen molar-refractivity contribution in [2.75, 3.05) is 0 Å². The molecule has 0 amide bonds. The minimum absolute atomic E-state index is 0. The van der Waals surface area contributed by atoms with Crippen LogP contribution in [0.3, 0.4) is 0 Å². The molecule has 1 heteroatoms. The van der Waals surface area contributed by atoms with Gasteiger partial charge in [0, 0.05) is 8.41 Å². The molecule has 0 heterocycles. The Bertz CT molecular complexity index is 35.6. The molecular weight excluding hydrogens is 155 g/mol. The molecule has 13 heavy (non-hydrogen) atoms. The maximum absolute atomic E-state index is 2.12. The van der Waals surface area contributed by atoms with E-state index < -0.39 is 0 Å². The van der Waals surface area contributed by atoms with Crippen molar-refractivity contribution in [1.82, 2.24) is 0 Å². The van der Waals surface area contributed by atoms with Crippen molar-refractivity contribution < 1.29 is 0 Å². The third kappa shape index (κ3) is 33.2. The number of hydrogen-bond donors (Lipinski definition) is 0. The van der Waals surface area contributed by atoms with Crippen molar-refractivity contribution >= 4 is 8.41 Å². The fraction of sp³-hybridized carbons (Fsp3) is 1.00. The normalized spacial score (nSPS) is 13.8. The topological polar surface area (TPSA) is 0 Å². The molecule has 0 aliphatic heterocycles. The van der Waals surface area contributed by atoms with Gasteiger partial charge in [0.05, 0.1) is 0 Å². The van der Waals surface area contributed by atoms with Crippen LogP contribution in [0, 0.1) is 0 Å². The monoisotopic (exact) mass is 183 g/mol. The van der Waals surface area contributed by atoms with Crippen molar-refractivity contribution in [3.8, 4) is 0 Å². The third-order valence-electron chi connectivity index (χ3n) is 1.50. The van der Waals surface area contributed by atoms with Gasteiger partial charge in [-0.1, -0.05) is 79.1 Å². The van der Waals surface area contributed by atoms with Gasteiger partial charge in [-0.25, -0.2) is 0 Å². The van der Waals surface area contributed by atoms with Gasteiger partial charge in [-0.2, -0.15) is 0 Å². The van der Waals surface area contributed by atoms with E-state index >= 15 is 0 Å². The molecule has 1 saturated carbocycles. The molecular formula is C12H28B. The maximum atomic E-state index is 2.12. The summed E-state index contributed by atoms with van der Waals surface area (Å²) in [5, 5.41) is 0. The van der Waals surface area contributed by atoms with E-state index in [0.717, 1.165) is 0 Å². The summed E-state index contributed by atoms with van der Waals surface area (Å²) in [4.78, 5) is 0. The summed E-state index contributed by atoms with van der Waals surface area (Å²) >= 11 is 0. The molecule has 0 spiro atoms. The van der Waals surface area contributed by atoms with Gasteiger partial charge in [0.1, 0.15) is 0 Å². The SMILES string of the molecule is C1CCCCC1.CCC.CCC.[B]. The van der Waals surface area contributed by atoms with Gasteiger partial charge in [-0.15, -0.1) is 0 Å². The first-order valence-corrected chi connectivity index (χ1v) is 5.83. The fourth-order valence-electron chi connectivity index (χ4n) is 1.06. The summed E-state index contributed by atoms with van der Waals surface area (Å²) in [6.07, 6.45) is 11.5. The lowest BCUT2D eigenvalue weighted by molar-refractivity contribution is 0.504. The highest BCUT2D eigenvalue weighted by Crippen LogP contribution is 2.15. The molecule has 1 rings (SSSR count). The molecule has 0 aromatic carbocycles. The standard InChI is InChI=1S/C6H12.2C3H8.B/c1-2-4-6-5-3-1;2*1-3-2;/h1-6H2;2*3H2,1-2H3;. The lowest BCUT2D eigenvalue weighted by Crippen LogP contribution is -1.85. The Labute approximate surface area is 88.1 Å². The molecule has 0 unspecified atom stereocenters. The van der Waals surface area contributed by atoms with Gasteiger partial charge in [0.25, 0.3) is 0 Å². The molecule has 1 aliphatic rings. The molecule has 0 N–H and O–H groups in total. The van der Waals surface area contributed by atoms with Crippen LogP contribution in [-0.2, 0) is 0 Å². The van der Waals surface area contributed by atoms with E-state index in [9.17, 15) is 0 Å². The minimum Gasteiger partial charge on any atom is -0.0656 e. The lowest BCUT2D eigenvalue weighted by atomic mass is 10.0. The van der Waals surface area contributed by atoms with Gasteiger partial charge in [0.2, 0.25) is 0 Å². The molecule has 0 aromatic heterocycles. The molecule has 0 bridgehead atoms. The first-order chi connectivity index (χ1) is 5.83. The van der Waals surface area contributed by atoms with Gasteiger partial charge < -0.3 is 0 Å². The average Bonchev–Trinajstić information content (AvgIpc) is 2.10. The van der Waals surface area contributed by atoms with Crippen LogP contribution >= 0.6 is 0 Å². The number of hydrogen-bond acceptors (Lipinski definition) is 0. The smallest absolute Gasteiger partial charge is 0 e. The molecule has 0 saturated heterocycles. The largest absolute Gasteiger partial charge is 0.0656 e. The van der Waals surface area contributed by atoms with Crippen LogP contribution < -0.4 is 0 Å². The Kier molecular flexibility index (Phi) is 32.8. The van der Waals surface area contributed by atoms with E-state index in [4.69, 9.17) is 0 Å². The summed E-state index contributed by atoms with van der Waals surface area (Å²) in [6.45, 7) is 8.50. The predicted octanol–water partition coefficient (Wildman–Crippen LogP) is 4.79. The first-order valence-electron chi connectivity index (χ1n) is 5.83. The second kappa shape index (κ2) is 22.7. The van der Waals surface area contributed by atoms with Crippen molar-refractivity contribution in [2.45, 2.75) is 79.1 Å². The van der Waals surface area contributed by atoms with Crippen molar-refractivity contribution in [1.29, 1.82) is 0 Å². The second-order valence-electron chi connectivity index (χ2n) is 3.54. The van der Waals surface area contributed by atoms with Crippen molar-refractivity contribution in [2.24, 2.45) is 0 Å². The fourth-order valence-corrected chi connectivity index (χ4v) is 1.06. The molecule has 0 nitrogen and oxygen atoms in total. The summed E-state index contributed by atoms with van der Waals surface area (Å²) in [7, 11) is 0. The summed E-state index contributed by atoms with van der Waals surface area (Å²) in [5.41, 5.74) is 0. The minimum atomic E-state index is 0. The summed E-state index contributed by atoms with van der Waals surface area (Å²) in [5.74, 6) is 0. The zero-order chi connectivity index (χ0) is 9.66. The van der Waals surface area contributed by atoms with Crippen LogP contribution in [0.15, 0.2) is 0 Å². The summed E-state index contributed by atoms with van der Waals surface area (Å²) in [6, 6.07) is 0. The highest BCUT2D eigenvalue weighted by molar-refractivity contribution is 5.75. The maximum Gasteiger partial charge on any atom is 0 e. The molecule has 0 aromatic rings. The molecule has 1 aliphatic carbocycles. The molecule has 79 valence electrons. The van der Waals surface area contributed by atoms with Crippen LogP contribution in [0.2, 0.25) is 0 Å². The van der Waals surface area contributed by atoms with Crippen LogP contribution in [0.5, 0.6) is 0 Å². The van der Waals surface area contributed by atoms with Crippen LogP contribution in [0.1, 0.15) is 79.1 Å². The Morgan fingerprint density at radius 2 is 0.615 bits per heavy atom. The van der Waals surface area contributed by atoms with Crippen molar-refractivity contribution in [3.05, 3.63) is 0 Å². The molecule has 1 fully saturated rings. The van der Waals surface area contributed by atoms with E-state index in [0.29, 0.717) is 0 Å². The highest BCUT2D eigenvalue weighted by Gasteiger charge is 1.95. The van der Waals surface area contributed by atoms with Gasteiger partial charge in [-0.05, 0) is 0 Å². The van der Waals surface area contributed by atoms with Gasteiger partial charge in [0.15, 0.2) is 0 Å². The Hall–Kier alpha value is 0.0649. The zero-order valence-electron chi connectivity index (χ0n) is 10.2. The van der Waals surface area contributed by atoms with Crippen molar-refractivity contribution in [3.63, 3.8) is 0 Å². The van der Waals surface area contributed by atoms with Gasteiger partial charge >= 0.3 is 0 Å². The Morgan fingerprint density at radius 1 is 0.538 bits per heavy atom. The second-order valence-corrected chi connectivity index (χ2v) is 3.54. The van der Waals surface area contributed by atoms with Crippen LogP contribution in [0.25, 0.3) is 0 Å². The summed E-state index contributed by atoms with van der Waals surface area (Å²) < 4.78 is 0. The van der Waals surface area contributed by atoms with E-state index in [1.54, 1.807) is 0 Å². The third-order valence-corrected chi connectivity index (χ3v) is 1.50. The average molecular weight is 183 g/mol. The number of rotatable bonds is 0. The van der Waals surface area contributed by atoms with E-state index in [1.807, 2.05) is 0 Å². The predicted molar refractivity (Wildman–Crippen MR) is 65.4 cm³/mol. The van der Waals surface area contributed by atoms with Crippen LogP contribution in [0.4, 0.5) is 0 Å². The Balaban J connectivity index is -0.000000126. The first kappa shape index (κ1) is 18.8. The Morgan fingerprint density at radius 3 is 0.692 bits per heavy atom. The molecule has 3 radical (unpaired) electrons. The van der Waals surface area contributed by atoms with Crippen LogP contribution in [-0.4, -0.2) is 8.41 Å². The lowest BCUT2D eigenvalue weighted by Gasteiger charge is -2.05. The highest BCUT2D eigenvalue weighted by atomic mass is 14.0. The van der Waals surface area contributed by atoms with E-state index in [1.165, 1.54) is 51.4 Å². The van der Waals surface area contributed by atoms with E-state index in [2.05, 4.69) is 27.7 Å². The zero-order valence-corrected chi connectivity index (χ0v) is 10.2. The van der Waals surface area contributed by atoms with E-state index in [-0.39, 0.29) is 8.41 Å².